The molecule has 0 saturated carbocycles. The van der Waals surface area contributed by atoms with Gasteiger partial charge in [-0.2, -0.15) is 4.98 Å². The summed E-state index contributed by atoms with van der Waals surface area (Å²) in [6.07, 6.45) is 0.764. The summed E-state index contributed by atoms with van der Waals surface area (Å²) in [4.78, 5) is 22.1. The van der Waals surface area contributed by atoms with E-state index in [1.807, 2.05) is 20.8 Å². The number of benzene rings is 1. The Hall–Kier alpha value is -3.14. The molecule has 170 valence electrons. The smallest absolute Gasteiger partial charge is 0.272 e. The quantitative estimate of drug-likeness (QED) is 0.639. The molecular formula is C22H26F2N6O2. The molecule has 8 nitrogen and oxygen atoms in total. The van der Waals surface area contributed by atoms with E-state index in [4.69, 9.17) is 4.52 Å². The maximum absolute atomic E-state index is 14.6. The Kier molecular flexibility index (Phi) is 5.81. The zero-order chi connectivity index (χ0) is 23.0. The average Bonchev–Trinajstić information content (AvgIpc) is 3.22. The number of hydrogen-bond acceptors (Lipinski definition) is 6. The fourth-order valence-corrected chi connectivity index (χ4v) is 3.81. The van der Waals surface area contributed by atoms with Crippen molar-refractivity contribution < 1.29 is 18.1 Å². The van der Waals surface area contributed by atoms with E-state index in [1.165, 1.54) is 0 Å². The van der Waals surface area contributed by atoms with Crippen molar-refractivity contribution in [3.05, 3.63) is 52.9 Å². The van der Waals surface area contributed by atoms with Crippen LogP contribution in [-0.2, 0) is 13.1 Å². The monoisotopic (exact) mass is 444 g/mol. The van der Waals surface area contributed by atoms with Crippen LogP contribution in [-0.4, -0.2) is 32.1 Å². The zero-order valence-corrected chi connectivity index (χ0v) is 18.5. The molecular weight excluding hydrogens is 418 g/mol. The van der Waals surface area contributed by atoms with Gasteiger partial charge in [0.05, 0.1) is 11.3 Å². The molecule has 2 N–H and O–H groups in total. The van der Waals surface area contributed by atoms with E-state index >= 15 is 0 Å². The number of halogens is 2. The number of aryl methyl sites for hydroxylation is 1. The van der Waals surface area contributed by atoms with Crippen molar-refractivity contribution in [1.82, 2.24) is 30.3 Å². The standard InChI is InChI=1S/C22H26F2N6O2/c1-12-26-21(32-29-12)18(22(2,3)4)28-20(31)17-16-11-25-8-5-9-30(16)19(27-17)14-10-13(23)6-7-15(14)24/h6-7,10,18,25H,5,8-9,11H2,1-4H3,(H,28,31)/t18-/m1/s1. The average molecular weight is 444 g/mol. The van der Waals surface area contributed by atoms with Crippen LogP contribution in [0.4, 0.5) is 8.78 Å². The van der Waals surface area contributed by atoms with Gasteiger partial charge in [-0.25, -0.2) is 13.8 Å². The summed E-state index contributed by atoms with van der Waals surface area (Å²) in [7, 11) is 0. The summed E-state index contributed by atoms with van der Waals surface area (Å²) in [6, 6.07) is 2.65. The second-order valence-electron chi connectivity index (χ2n) is 8.99. The number of nitrogens with one attached hydrogen (secondary N) is 2. The molecule has 1 aromatic carbocycles. The van der Waals surface area contributed by atoms with Crippen molar-refractivity contribution in [2.24, 2.45) is 5.41 Å². The van der Waals surface area contributed by atoms with E-state index in [0.717, 1.165) is 31.2 Å². The van der Waals surface area contributed by atoms with Crippen LogP contribution in [0.15, 0.2) is 22.7 Å². The first-order chi connectivity index (χ1) is 15.1. The highest BCUT2D eigenvalue weighted by atomic mass is 19.1. The molecule has 3 heterocycles. The van der Waals surface area contributed by atoms with Gasteiger partial charge in [0.15, 0.2) is 11.5 Å². The number of hydrogen-bond donors (Lipinski definition) is 2. The van der Waals surface area contributed by atoms with Gasteiger partial charge in [0, 0.05) is 13.1 Å². The summed E-state index contributed by atoms with van der Waals surface area (Å²) in [5.74, 6) is -0.632. The number of imidazole rings is 1. The Labute approximate surface area is 184 Å². The number of carbonyl (C=O) groups is 1. The summed E-state index contributed by atoms with van der Waals surface area (Å²) in [6.45, 7) is 9.18. The van der Waals surface area contributed by atoms with Crippen molar-refractivity contribution in [2.75, 3.05) is 6.54 Å². The van der Waals surface area contributed by atoms with Crippen molar-refractivity contribution in [2.45, 2.75) is 53.2 Å². The van der Waals surface area contributed by atoms with Gasteiger partial charge in [0.2, 0.25) is 5.89 Å². The van der Waals surface area contributed by atoms with Crippen LogP contribution in [0.25, 0.3) is 11.4 Å². The number of rotatable bonds is 4. The van der Waals surface area contributed by atoms with Crippen molar-refractivity contribution >= 4 is 5.91 Å². The third kappa shape index (κ3) is 4.27. The molecule has 0 radical (unpaired) electrons. The van der Waals surface area contributed by atoms with E-state index in [1.54, 1.807) is 11.5 Å². The molecule has 1 amide bonds. The Bertz CT molecular complexity index is 1150. The molecule has 1 aliphatic heterocycles. The molecule has 2 aromatic heterocycles. The van der Waals surface area contributed by atoms with Crippen LogP contribution in [0.2, 0.25) is 0 Å². The number of fused-ring (bicyclic) bond motifs is 1. The minimum atomic E-state index is -0.600. The Balaban J connectivity index is 1.76. The van der Waals surface area contributed by atoms with Gasteiger partial charge < -0.3 is 19.7 Å². The minimum absolute atomic E-state index is 0.0205. The van der Waals surface area contributed by atoms with E-state index in [2.05, 4.69) is 25.8 Å². The van der Waals surface area contributed by atoms with E-state index < -0.39 is 29.0 Å². The lowest BCUT2D eigenvalue weighted by molar-refractivity contribution is 0.0875. The van der Waals surface area contributed by atoms with Crippen LogP contribution in [0.5, 0.6) is 0 Å². The van der Waals surface area contributed by atoms with Gasteiger partial charge >= 0.3 is 0 Å². The zero-order valence-electron chi connectivity index (χ0n) is 18.5. The number of aromatic nitrogens is 4. The fraction of sp³-hybridized carbons (Fsp3) is 0.455. The molecule has 4 rings (SSSR count). The molecule has 0 unspecified atom stereocenters. The van der Waals surface area contributed by atoms with Crippen LogP contribution >= 0.6 is 0 Å². The highest BCUT2D eigenvalue weighted by molar-refractivity contribution is 5.94. The molecule has 0 aliphatic carbocycles. The molecule has 1 atom stereocenters. The van der Waals surface area contributed by atoms with Crippen LogP contribution < -0.4 is 10.6 Å². The molecule has 32 heavy (non-hydrogen) atoms. The van der Waals surface area contributed by atoms with Gasteiger partial charge in [0.25, 0.3) is 5.91 Å². The van der Waals surface area contributed by atoms with Crippen molar-refractivity contribution in [1.29, 1.82) is 0 Å². The lowest BCUT2D eigenvalue weighted by Crippen LogP contribution is -2.37. The van der Waals surface area contributed by atoms with Crippen LogP contribution in [0.3, 0.4) is 0 Å². The Morgan fingerprint density at radius 3 is 2.75 bits per heavy atom. The van der Waals surface area contributed by atoms with Gasteiger partial charge in [-0.1, -0.05) is 25.9 Å². The lowest BCUT2D eigenvalue weighted by atomic mass is 9.86. The lowest BCUT2D eigenvalue weighted by Gasteiger charge is -2.28. The number of carbonyl (C=O) groups excluding carboxylic acids is 1. The summed E-state index contributed by atoms with van der Waals surface area (Å²) in [5, 5.41) is 10.0. The normalized spacial score (nSPS) is 15.2. The summed E-state index contributed by atoms with van der Waals surface area (Å²) in [5.41, 5.74) is 0.366. The molecule has 10 heteroatoms. The van der Waals surface area contributed by atoms with Crippen molar-refractivity contribution in [3.8, 4) is 11.4 Å². The second-order valence-corrected chi connectivity index (χ2v) is 8.99. The SMILES string of the molecule is Cc1noc([C@@H](NC(=O)c2nc(-c3cc(F)ccc3F)n3c2CNCCC3)C(C)(C)C)n1. The molecule has 0 spiro atoms. The maximum Gasteiger partial charge on any atom is 0.272 e. The fourth-order valence-electron chi connectivity index (χ4n) is 3.81. The first kappa shape index (κ1) is 22.1. The van der Waals surface area contributed by atoms with Crippen LogP contribution in [0, 0.1) is 24.0 Å². The highest BCUT2D eigenvalue weighted by Crippen LogP contribution is 2.33. The largest absolute Gasteiger partial charge is 0.338 e. The molecule has 0 fully saturated rings. The molecule has 0 bridgehead atoms. The summed E-state index contributed by atoms with van der Waals surface area (Å²) < 4.78 is 35.6. The Morgan fingerprint density at radius 2 is 2.06 bits per heavy atom. The number of amides is 1. The van der Waals surface area contributed by atoms with E-state index in [9.17, 15) is 13.6 Å². The Morgan fingerprint density at radius 1 is 1.28 bits per heavy atom. The predicted molar refractivity (Wildman–Crippen MR) is 113 cm³/mol. The highest BCUT2D eigenvalue weighted by Gasteiger charge is 2.35. The molecule has 0 saturated heterocycles. The third-order valence-electron chi connectivity index (χ3n) is 5.42. The van der Waals surface area contributed by atoms with Gasteiger partial charge in [-0.15, -0.1) is 0 Å². The van der Waals surface area contributed by atoms with Gasteiger partial charge in [-0.05, 0) is 43.5 Å². The van der Waals surface area contributed by atoms with E-state index in [0.29, 0.717) is 30.5 Å². The predicted octanol–water partition coefficient (Wildman–Crippen LogP) is 3.53. The van der Waals surface area contributed by atoms with Crippen LogP contribution in [0.1, 0.15) is 61.1 Å². The van der Waals surface area contributed by atoms with E-state index in [-0.39, 0.29) is 17.1 Å². The summed E-state index contributed by atoms with van der Waals surface area (Å²) >= 11 is 0. The van der Waals surface area contributed by atoms with Crippen molar-refractivity contribution in [3.63, 3.8) is 0 Å². The topological polar surface area (TPSA) is 97.9 Å². The first-order valence-electron chi connectivity index (χ1n) is 10.5. The third-order valence-corrected chi connectivity index (χ3v) is 5.42. The number of nitrogens with zero attached hydrogens (tertiary/aromatic N) is 4. The minimum Gasteiger partial charge on any atom is -0.338 e. The van der Waals surface area contributed by atoms with Gasteiger partial charge in [-0.3, -0.25) is 4.79 Å². The molecule has 1 aliphatic rings. The first-order valence-corrected chi connectivity index (χ1v) is 10.5. The maximum atomic E-state index is 14.6. The second kappa shape index (κ2) is 8.42. The molecule has 3 aromatic rings. The van der Waals surface area contributed by atoms with Gasteiger partial charge in [0.1, 0.15) is 23.5 Å².